The molecular weight excluding hydrogens is 844 g/mol. The van der Waals surface area contributed by atoms with Gasteiger partial charge < -0.3 is 94.4 Å². The fourth-order valence-electron chi connectivity index (χ4n) is 13.7. The zero-order chi connectivity index (χ0) is 46.2. The molecule has 0 aromatic heterocycles. The monoisotopic (exact) mass is 918 g/mol. The van der Waals surface area contributed by atoms with Crippen molar-refractivity contribution >= 4 is 0 Å². The fourth-order valence-corrected chi connectivity index (χ4v) is 13.7. The minimum Gasteiger partial charge on any atom is -0.494 e. The Bertz CT molecular complexity index is 1620. The Hall–Kier alpha value is -1.18. The van der Waals surface area contributed by atoms with E-state index in [9.17, 15) is 61.3 Å². The molecule has 12 N–H and O–H groups in total. The average Bonchev–Trinajstić information content (AvgIpc) is 3.76. The van der Waals surface area contributed by atoms with Crippen LogP contribution in [0.15, 0.2) is 11.3 Å². The highest BCUT2D eigenvalue weighted by molar-refractivity contribution is 5.27. The van der Waals surface area contributed by atoms with Gasteiger partial charge in [-0.1, -0.05) is 20.8 Å². The Morgan fingerprint density at radius 2 is 1.25 bits per heavy atom. The van der Waals surface area contributed by atoms with Gasteiger partial charge in [0.25, 0.3) is 0 Å². The van der Waals surface area contributed by atoms with Crippen molar-refractivity contribution in [1.29, 1.82) is 0 Å². The van der Waals surface area contributed by atoms with Crippen LogP contribution in [0.1, 0.15) is 85.5 Å². The molecule has 8 rings (SSSR count). The predicted octanol–water partition coefficient (Wildman–Crippen LogP) is -1.86. The number of rotatable bonds is 13. The second-order valence-corrected chi connectivity index (χ2v) is 21.0. The van der Waals surface area contributed by atoms with Crippen molar-refractivity contribution in [2.75, 3.05) is 26.4 Å². The lowest BCUT2D eigenvalue weighted by atomic mass is 9.44. The minimum atomic E-state index is -1.79. The predicted molar refractivity (Wildman–Crippen MR) is 219 cm³/mol. The first-order valence-electron chi connectivity index (χ1n) is 23.6. The van der Waals surface area contributed by atoms with E-state index in [1.165, 1.54) is 5.57 Å². The van der Waals surface area contributed by atoms with E-state index in [0.29, 0.717) is 36.5 Å². The molecule has 4 aliphatic heterocycles. The largest absolute Gasteiger partial charge is 0.494 e. The zero-order valence-corrected chi connectivity index (χ0v) is 37.3. The lowest BCUT2D eigenvalue weighted by Gasteiger charge is -2.61. The SMILES string of the molecule is CC1=C(CCC(C)COC2OC(CO)C(O)C(O)C2O)OC2CC3C4CCC5CC(OC6OC(CO)C(O)C(O)C6OC6OC(CO)C(O)C(O)C6O)C(O)CC5(C)C4CCC3(C)C12. The number of fused-ring (bicyclic) bond motifs is 7. The molecule has 4 saturated carbocycles. The van der Waals surface area contributed by atoms with E-state index >= 15 is 0 Å². The van der Waals surface area contributed by atoms with E-state index in [2.05, 4.69) is 20.8 Å². The third-order valence-corrected chi connectivity index (χ3v) is 17.4. The van der Waals surface area contributed by atoms with Crippen LogP contribution in [-0.4, -0.2) is 198 Å². The molecule has 26 atom stereocenters. The lowest BCUT2D eigenvalue weighted by Crippen LogP contribution is -2.65. The number of allylic oxidation sites excluding steroid dienone is 1. The zero-order valence-electron chi connectivity index (χ0n) is 37.3. The van der Waals surface area contributed by atoms with Crippen LogP contribution in [0.3, 0.4) is 0 Å². The molecule has 7 fully saturated rings. The summed E-state index contributed by atoms with van der Waals surface area (Å²) in [4.78, 5) is 0. The summed E-state index contributed by atoms with van der Waals surface area (Å²) in [6.45, 7) is 7.37. The molecule has 64 heavy (non-hydrogen) atoms. The molecule has 26 unspecified atom stereocenters. The molecule has 19 nitrogen and oxygen atoms in total. The molecule has 0 aromatic rings. The number of hydrogen-bond donors (Lipinski definition) is 12. The van der Waals surface area contributed by atoms with Gasteiger partial charge in [-0.3, -0.25) is 0 Å². The van der Waals surface area contributed by atoms with Crippen molar-refractivity contribution in [3.8, 4) is 0 Å². The maximum atomic E-state index is 11.9. The van der Waals surface area contributed by atoms with Crippen LogP contribution in [0.25, 0.3) is 0 Å². The molecule has 368 valence electrons. The fraction of sp³-hybridized carbons (Fsp3) is 0.956. The summed E-state index contributed by atoms with van der Waals surface area (Å²) in [5.74, 6) is 2.88. The topological polar surface area (TPSA) is 307 Å². The van der Waals surface area contributed by atoms with Crippen LogP contribution >= 0.6 is 0 Å². The summed E-state index contributed by atoms with van der Waals surface area (Å²) < 4.78 is 41.9. The Balaban J connectivity index is 0.888. The number of aliphatic hydroxyl groups is 12. The molecule has 0 aromatic carbocycles. The van der Waals surface area contributed by atoms with Gasteiger partial charge in [0.1, 0.15) is 79.4 Å². The average molecular weight is 919 g/mol. The highest BCUT2D eigenvalue weighted by Gasteiger charge is 2.65. The molecule has 8 aliphatic rings. The van der Waals surface area contributed by atoms with E-state index in [0.717, 1.165) is 50.7 Å². The first kappa shape index (κ1) is 49.2. The van der Waals surface area contributed by atoms with Gasteiger partial charge in [0.15, 0.2) is 18.9 Å². The molecule has 4 aliphatic carbocycles. The minimum absolute atomic E-state index is 0.0561. The van der Waals surface area contributed by atoms with E-state index < -0.39 is 124 Å². The summed E-state index contributed by atoms with van der Waals surface area (Å²) in [6.07, 6.45) is -16.4. The molecule has 0 spiro atoms. The van der Waals surface area contributed by atoms with Crippen molar-refractivity contribution in [3.05, 3.63) is 11.3 Å². The van der Waals surface area contributed by atoms with Gasteiger partial charge in [-0.25, -0.2) is 0 Å². The highest BCUT2D eigenvalue weighted by atomic mass is 16.8. The van der Waals surface area contributed by atoms with Crippen molar-refractivity contribution in [3.63, 3.8) is 0 Å². The third kappa shape index (κ3) is 8.63. The van der Waals surface area contributed by atoms with Gasteiger partial charge in [0.05, 0.1) is 44.4 Å². The van der Waals surface area contributed by atoms with Gasteiger partial charge in [0, 0.05) is 12.3 Å². The van der Waals surface area contributed by atoms with Crippen LogP contribution in [0.5, 0.6) is 0 Å². The Morgan fingerprint density at radius 1 is 0.656 bits per heavy atom. The smallest absolute Gasteiger partial charge is 0.187 e. The molecule has 4 heterocycles. The Morgan fingerprint density at radius 3 is 1.89 bits per heavy atom. The summed E-state index contributed by atoms with van der Waals surface area (Å²) in [5, 5.41) is 125. The number of aliphatic hydroxyl groups excluding tert-OH is 12. The first-order valence-corrected chi connectivity index (χ1v) is 23.6. The molecule has 19 heteroatoms. The van der Waals surface area contributed by atoms with Gasteiger partial charge in [-0.15, -0.1) is 0 Å². The molecular formula is C45H74O19. The Labute approximate surface area is 373 Å². The summed E-state index contributed by atoms with van der Waals surface area (Å²) in [7, 11) is 0. The quantitative estimate of drug-likeness (QED) is 0.0902. The molecule has 0 bridgehead atoms. The van der Waals surface area contributed by atoms with Crippen LogP contribution < -0.4 is 0 Å². The maximum Gasteiger partial charge on any atom is 0.187 e. The van der Waals surface area contributed by atoms with E-state index in [4.69, 9.17) is 33.2 Å². The summed E-state index contributed by atoms with van der Waals surface area (Å²) >= 11 is 0. The van der Waals surface area contributed by atoms with Crippen molar-refractivity contribution < 1.29 is 94.4 Å². The summed E-state index contributed by atoms with van der Waals surface area (Å²) in [6, 6.07) is 0. The van der Waals surface area contributed by atoms with E-state index in [1.54, 1.807) is 0 Å². The van der Waals surface area contributed by atoms with Crippen LogP contribution in [0.4, 0.5) is 0 Å². The number of hydrogen-bond acceptors (Lipinski definition) is 19. The standard InChI is InChI=1S/C45H74O19/c1-18(17-58-41-38(56)35(53)32(50)28(14-46)61-41)5-8-25-19(2)31-27(59-25)12-23-21-7-6-20-11-26(24(49)13-45(20,4)22(21)9-10-44(23,31)3)60-43-40(37(55)34(52)30(16-48)63-43)64-42-39(57)36(54)33(51)29(15-47)62-42/h18,20-24,26-43,46-57H,5-17H2,1-4H3. The molecule has 0 radical (unpaired) electrons. The first-order chi connectivity index (χ1) is 30.4. The van der Waals surface area contributed by atoms with Gasteiger partial charge in [0.2, 0.25) is 0 Å². The second-order valence-electron chi connectivity index (χ2n) is 21.0. The van der Waals surface area contributed by atoms with Crippen LogP contribution in [0.2, 0.25) is 0 Å². The van der Waals surface area contributed by atoms with Crippen molar-refractivity contribution in [2.24, 2.45) is 46.3 Å². The molecule has 0 amide bonds. The van der Waals surface area contributed by atoms with Crippen LogP contribution in [-0.2, 0) is 33.2 Å². The van der Waals surface area contributed by atoms with E-state index in [-0.39, 0.29) is 35.4 Å². The van der Waals surface area contributed by atoms with Crippen LogP contribution in [0, 0.1) is 46.3 Å². The van der Waals surface area contributed by atoms with Gasteiger partial charge in [-0.2, -0.15) is 0 Å². The highest BCUT2D eigenvalue weighted by Crippen LogP contribution is 2.70. The summed E-state index contributed by atoms with van der Waals surface area (Å²) in [5.41, 5.74) is 1.18. The van der Waals surface area contributed by atoms with Crippen molar-refractivity contribution in [1.82, 2.24) is 0 Å². The Kier molecular flexibility index (Phi) is 14.9. The van der Waals surface area contributed by atoms with Gasteiger partial charge in [-0.05, 0) is 104 Å². The van der Waals surface area contributed by atoms with Crippen molar-refractivity contribution in [2.45, 2.75) is 196 Å². The van der Waals surface area contributed by atoms with Gasteiger partial charge >= 0.3 is 0 Å². The maximum absolute atomic E-state index is 11.9. The third-order valence-electron chi connectivity index (χ3n) is 17.4. The lowest BCUT2D eigenvalue weighted by molar-refractivity contribution is -0.376. The van der Waals surface area contributed by atoms with E-state index in [1.807, 2.05) is 6.92 Å². The second kappa shape index (κ2) is 19.3. The normalized spacial score (nSPS) is 53.2. The molecule has 3 saturated heterocycles. The number of ether oxygens (including phenoxy) is 7.